The fraction of sp³-hybridized carbons (Fsp3) is 0.769. The average Bonchev–Trinajstić information content (AvgIpc) is 2.61. The van der Waals surface area contributed by atoms with Gasteiger partial charge in [0, 0.05) is 16.8 Å². The first-order chi connectivity index (χ1) is 8.16. The lowest BCUT2D eigenvalue weighted by Crippen LogP contribution is -2.30. The third kappa shape index (κ3) is 3.67. The van der Waals surface area contributed by atoms with Crippen molar-refractivity contribution in [1.29, 1.82) is 0 Å². The lowest BCUT2D eigenvalue weighted by atomic mass is 9.89. The van der Waals surface area contributed by atoms with Crippen LogP contribution in [-0.4, -0.2) is 16.9 Å². The molecule has 1 aliphatic rings. The zero-order valence-electron chi connectivity index (χ0n) is 10.6. The number of aromatic nitrogens is 1. The molecule has 1 aromatic rings. The van der Waals surface area contributed by atoms with Gasteiger partial charge >= 0.3 is 0 Å². The summed E-state index contributed by atoms with van der Waals surface area (Å²) >= 11 is 8.14. The molecule has 0 amide bonds. The number of nitrogens with zero attached hydrogens (tertiary/aromatic N) is 1. The number of hydrogen-bond donors (Lipinski definition) is 1. The van der Waals surface area contributed by atoms with Crippen molar-refractivity contribution in [3.05, 3.63) is 15.6 Å². The van der Waals surface area contributed by atoms with Crippen LogP contribution in [0.15, 0.2) is 0 Å². The van der Waals surface area contributed by atoms with E-state index >= 15 is 0 Å². The smallest absolute Gasteiger partial charge is 0.107 e. The first-order valence-corrected chi connectivity index (χ1v) is 7.70. The summed E-state index contributed by atoms with van der Waals surface area (Å²) in [5.74, 6) is 0.646. The van der Waals surface area contributed by atoms with Crippen LogP contribution in [0.2, 0.25) is 0 Å². The summed E-state index contributed by atoms with van der Waals surface area (Å²) in [4.78, 5) is 5.86. The summed E-state index contributed by atoms with van der Waals surface area (Å²) in [6.45, 7) is 6.13. The van der Waals surface area contributed by atoms with Crippen LogP contribution in [0.3, 0.4) is 0 Å². The molecule has 17 heavy (non-hydrogen) atoms. The Morgan fingerprint density at radius 2 is 2.12 bits per heavy atom. The van der Waals surface area contributed by atoms with Crippen molar-refractivity contribution >= 4 is 22.9 Å². The first-order valence-electron chi connectivity index (χ1n) is 6.44. The van der Waals surface area contributed by atoms with Gasteiger partial charge in [0.25, 0.3) is 0 Å². The fourth-order valence-corrected chi connectivity index (χ4v) is 3.64. The molecular formula is C13H21ClN2S. The van der Waals surface area contributed by atoms with Gasteiger partial charge in [-0.05, 0) is 39.2 Å². The Kier molecular flexibility index (Phi) is 4.83. The topological polar surface area (TPSA) is 24.9 Å². The summed E-state index contributed by atoms with van der Waals surface area (Å²) in [5.41, 5.74) is 1.17. The fourth-order valence-electron chi connectivity index (χ4n) is 2.37. The summed E-state index contributed by atoms with van der Waals surface area (Å²) in [7, 11) is 0. The van der Waals surface area contributed by atoms with Gasteiger partial charge in [-0.25, -0.2) is 4.98 Å². The van der Waals surface area contributed by atoms with E-state index in [1.54, 1.807) is 11.3 Å². The van der Waals surface area contributed by atoms with Crippen LogP contribution in [0.25, 0.3) is 0 Å². The van der Waals surface area contributed by atoms with E-state index in [2.05, 4.69) is 24.1 Å². The Morgan fingerprint density at radius 3 is 2.76 bits per heavy atom. The highest BCUT2D eigenvalue weighted by Crippen LogP contribution is 2.28. The largest absolute Gasteiger partial charge is 0.310 e. The minimum atomic E-state index is 0.371. The van der Waals surface area contributed by atoms with E-state index in [4.69, 9.17) is 11.6 Å². The normalized spacial score (nSPS) is 25.1. The van der Waals surface area contributed by atoms with Gasteiger partial charge in [-0.15, -0.1) is 22.9 Å². The molecule has 0 spiro atoms. The van der Waals surface area contributed by atoms with Crippen LogP contribution in [0.4, 0.5) is 0 Å². The molecule has 0 bridgehead atoms. The number of aryl methyl sites for hydroxylation is 2. The number of rotatable bonds is 4. The molecule has 2 unspecified atom stereocenters. The lowest BCUT2D eigenvalue weighted by Gasteiger charge is -2.27. The molecular weight excluding hydrogens is 252 g/mol. The van der Waals surface area contributed by atoms with Crippen LogP contribution in [0, 0.1) is 19.8 Å². The summed E-state index contributed by atoms with van der Waals surface area (Å²) < 4.78 is 0. The molecule has 1 aromatic heterocycles. The van der Waals surface area contributed by atoms with Crippen molar-refractivity contribution in [3.8, 4) is 0 Å². The van der Waals surface area contributed by atoms with Gasteiger partial charge in [0.1, 0.15) is 5.01 Å². The summed E-state index contributed by atoms with van der Waals surface area (Å²) in [5, 5.41) is 5.07. The molecule has 4 heteroatoms. The second-order valence-electron chi connectivity index (χ2n) is 4.94. The molecule has 2 atom stereocenters. The van der Waals surface area contributed by atoms with Crippen LogP contribution in [0.1, 0.15) is 41.3 Å². The van der Waals surface area contributed by atoms with E-state index < -0.39 is 0 Å². The standard InChI is InChI=1S/C13H21ClN2S/c1-9-10(2)17-13(16-9)8-15-7-11-5-3-4-6-12(11)14/h11-12,15H,3-8H2,1-2H3. The highest BCUT2D eigenvalue weighted by atomic mass is 35.5. The highest BCUT2D eigenvalue weighted by molar-refractivity contribution is 7.11. The monoisotopic (exact) mass is 272 g/mol. The van der Waals surface area contributed by atoms with Crippen molar-refractivity contribution in [2.24, 2.45) is 5.92 Å². The van der Waals surface area contributed by atoms with Crippen molar-refractivity contribution in [1.82, 2.24) is 10.3 Å². The maximum absolute atomic E-state index is 6.34. The molecule has 2 nitrogen and oxygen atoms in total. The van der Waals surface area contributed by atoms with Crippen molar-refractivity contribution in [2.75, 3.05) is 6.54 Å². The minimum absolute atomic E-state index is 0.371. The van der Waals surface area contributed by atoms with Crippen molar-refractivity contribution < 1.29 is 0 Å². The van der Waals surface area contributed by atoms with E-state index in [1.165, 1.54) is 41.3 Å². The van der Waals surface area contributed by atoms with Gasteiger partial charge in [0.05, 0.1) is 5.69 Å². The van der Waals surface area contributed by atoms with Gasteiger partial charge < -0.3 is 5.32 Å². The highest BCUT2D eigenvalue weighted by Gasteiger charge is 2.22. The first kappa shape index (κ1) is 13.3. The second kappa shape index (κ2) is 6.17. The van der Waals surface area contributed by atoms with Gasteiger partial charge in [-0.2, -0.15) is 0 Å². The Balaban J connectivity index is 1.75. The number of hydrogen-bond acceptors (Lipinski definition) is 3. The third-order valence-electron chi connectivity index (χ3n) is 3.57. The number of thiazole rings is 1. The van der Waals surface area contributed by atoms with Gasteiger partial charge in [0.2, 0.25) is 0 Å². The Morgan fingerprint density at radius 1 is 1.35 bits per heavy atom. The summed E-state index contributed by atoms with van der Waals surface area (Å²) in [6.07, 6.45) is 5.10. The molecule has 96 valence electrons. The van der Waals surface area contributed by atoms with E-state index in [9.17, 15) is 0 Å². The van der Waals surface area contributed by atoms with Crippen LogP contribution in [0.5, 0.6) is 0 Å². The van der Waals surface area contributed by atoms with E-state index in [0.717, 1.165) is 13.1 Å². The Hall–Kier alpha value is -0.120. The Bertz CT molecular complexity index is 345. The zero-order valence-corrected chi connectivity index (χ0v) is 12.2. The van der Waals surface area contributed by atoms with E-state index in [1.807, 2.05) is 0 Å². The summed E-state index contributed by atoms with van der Waals surface area (Å²) in [6, 6.07) is 0. The van der Waals surface area contributed by atoms with Gasteiger partial charge in [0.15, 0.2) is 0 Å². The van der Waals surface area contributed by atoms with Crippen LogP contribution < -0.4 is 5.32 Å². The molecule has 1 aliphatic carbocycles. The predicted molar refractivity (Wildman–Crippen MR) is 74.9 cm³/mol. The molecule has 0 aromatic carbocycles. The Labute approximate surface area is 113 Å². The molecule has 0 saturated heterocycles. The average molecular weight is 273 g/mol. The van der Waals surface area contributed by atoms with Crippen molar-refractivity contribution in [2.45, 2.75) is 51.5 Å². The van der Waals surface area contributed by atoms with Crippen LogP contribution >= 0.6 is 22.9 Å². The maximum atomic E-state index is 6.34. The van der Waals surface area contributed by atoms with Gasteiger partial charge in [-0.3, -0.25) is 0 Å². The van der Waals surface area contributed by atoms with Gasteiger partial charge in [-0.1, -0.05) is 12.8 Å². The molecule has 1 fully saturated rings. The molecule has 1 saturated carbocycles. The van der Waals surface area contributed by atoms with E-state index in [0.29, 0.717) is 11.3 Å². The molecule has 1 N–H and O–H groups in total. The number of nitrogens with one attached hydrogen (secondary N) is 1. The molecule has 1 heterocycles. The molecule has 0 aliphatic heterocycles. The zero-order chi connectivity index (χ0) is 12.3. The number of halogens is 1. The molecule has 0 radical (unpaired) electrons. The number of alkyl halides is 1. The predicted octanol–water partition coefficient (Wildman–Crippen LogP) is 3.65. The van der Waals surface area contributed by atoms with Crippen molar-refractivity contribution in [3.63, 3.8) is 0 Å². The molecule has 2 rings (SSSR count). The minimum Gasteiger partial charge on any atom is -0.310 e. The van der Waals surface area contributed by atoms with Crippen LogP contribution in [-0.2, 0) is 6.54 Å². The van der Waals surface area contributed by atoms with E-state index in [-0.39, 0.29) is 0 Å². The SMILES string of the molecule is Cc1nc(CNCC2CCCCC2Cl)sc1C. The lowest BCUT2D eigenvalue weighted by molar-refractivity contribution is 0.348. The second-order valence-corrected chi connectivity index (χ2v) is 6.79. The maximum Gasteiger partial charge on any atom is 0.107 e. The quantitative estimate of drug-likeness (QED) is 0.847. The third-order valence-corrected chi connectivity index (χ3v) is 5.22.